The molecule has 0 radical (unpaired) electrons. The number of tetrazole rings is 1. The number of aryl methyl sites for hydroxylation is 1. The van der Waals surface area contributed by atoms with Crippen LogP contribution < -0.4 is 0 Å². The van der Waals surface area contributed by atoms with Gasteiger partial charge in [0.15, 0.2) is 5.82 Å². The molecule has 0 saturated carbocycles. The van der Waals surface area contributed by atoms with Gasteiger partial charge in [-0.25, -0.2) is 4.68 Å². The van der Waals surface area contributed by atoms with Crippen LogP contribution in [0.2, 0.25) is 0 Å². The minimum absolute atomic E-state index is 0.462. The molecule has 1 atom stereocenters. The van der Waals surface area contributed by atoms with Crippen LogP contribution in [0.25, 0.3) is 11.4 Å². The molecule has 0 aliphatic carbocycles. The average molecular weight is 257 g/mol. The van der Waals surface area contributed by atoms with E-state index in [2.05, 4.69) is 51.6 Å². The second kappa shape index (κ2) is 5.09. The first-order valence-electron chi connectivity index (χ1n) is 6.82. The molecule has 1 fully saturated rings. The van der Waals surface area contributed by atoms with E-state index in [1.807, 2.05) is 7.05 Å². The molecule has 1 aromatic heterocycles. The van der Waals surface area contributed by atoms with E-state index < -0.39 is 0 Å². The van der Waals surface area contributed by atoms with Gasteiger partial charge in [0.2, 0.25) is 0 Å². The van der Waals surface area contributed by atoms with Crippen molar-refractivity contribution < 1.29 is 0 Å². The van der Waals surface area contributed by atoms with E-state index in [9.17, 15) is 0 Å². The van der Waals surface area contributed by atoms with Gasteiger partial charge in [0.1, 0.15) is 0 Å². The fourth-order valence-electron chi connectivity index (χ4n) is 2.75. The Kier molecular flexibility index (Phi) is 3.29. The SMILES string of the molecule is C[C@@H](c1cccc(-c2nnnn2C)c1)N1CCCC1. The summed E-state index contributed by atoms with van der Waals surface area (Å²) in [5.74, 6) is 0.815. The molecular weight excluding hydrogens is 238 g/mol. The van der Waals surface area contributed by atoms with Crippen molar-refractivity contribution in [2.75, 3.05) is 13.1 Å². The maximum atomic E-state index is 4.07. The molecule has 0 spiro atoms. The highest BCUT2D eigenvalue weighted by molar-refractivity contribution is 5.55. The van der Waals surface area contributed by atoms with Crippen LogP contribution >= 0.6 is 0 Å². The maximum Gasteiger partial charge on any atom is 0.181 e. The maximum absolute atomic E-state index is 4.07. The first-order valence-corrected chi connectivity index (χ1v) is 6.82. The van der Waals surface area contributed by atoms with Crippen LogP contribution in [0.5, 0.6) is 0 Å². The van der Waals surface area contributed by atoms with Crippen LogP contribution in [0.3, 0.4) is 0 Å². The van der Waals surface area contributed by atoms with E-state index >= 15 is 0 Å². The van der Waals surface area contributed by atoms with Gasteiger partial charge in [-0.3, -0.25) is 4.90 Å². The van der Waals surface area contributed by atoms with Crippen molar-refractivity contribution in [1.29, 1.82) is 0 Å². The monoisotopic (exact) mass is 257 g/mol. The van der Waals surface area contributed by atoms with Gasteiger partial charge in [0.05, 0.1) is 0 Å². The second-order valence-corrected chi connectivity index (χ2v) is 5.17. The van der Waals surface area contributed by atoms with E-state index in [-0.39, 0.29) is 0 Å². The molecule has 0 N–H and O–H groups in total. The molecule has 2 aromatic rings. The molecule has 1 aliphatic heterocycles. The zero-order valence-electron chi connectivity index (χ0n) is 11.5. The average Bonchev–Trinajstić information content (AvgIpc) is 3.09. The molecule has 5 heteroatoms. The number of rotatable bonds is 3. The van der Waals surface area contributed by atoms with Crippen LogP contribution in [0.15, 0.2) is 24.3 Å². The predicted octanol–water partition coefficient (Wildman–Crippen LogP) is 2.03. The van der Waals surface area contributed by atoms with E-state index in [4.69, 9.17) is 0 Å². The van der Waals surface area contributed by atoms with Gasteiger partial charge < -0.3 is 0 Å². The molecule has 100 valence electrons. The molecule has 0 bridgehead atoms. The first kappa shape index (κ1) is 12.3. The van der Waals surface area contributed by atoms with Gasteiger partial charge in [0.25, 0.3) is 0 Å². The van der Waals surface area contributed by atoms with Crippen molar-refractivity contribution in [3.8, 4) is 11.4 Å². The first-order chi connectivity index (χ1) is 9.25. The smallest absolute Gasteiger partial charge is 0.181 e. The Hall–Kier alpha value is -1.75. The van der Waals surface area contributed by atoms with E-state index in [0.717, 1.165) is 11.4 Å². The quantitative estimate of drug-likeness (QED) is 0.844. The van der Waals surface area contributed by atoms with Crippen LogP contribution in [-0.4, -0.2) is 38.2 Å². The summed E-state index contributed by atoms with van der Waals surface area (Å²) in [6.07, 6.45) is 2.63. The Morgan fingerprint density at radius 2 is 2.00 bits per heavy atom. The summed E-state index contributed by atoms with van der Waals surface area (Å²) in [6.45, 7) is 4.69. The molecule has 19 heavy (non-hydrogen) atoms. The third kappa shape index (κ3) is 2.38. The van der Waals surface area contributed by atoms with Crippen molar-refractivity contribution in [3.63, 3.8) is 0 Å². The van der Waals surface area contributed by atoms with Crippen LogP contribution in [0.1, 0.15) is 31.4 Å². The van der Waals surface area contributed by atoms with Gasteiger partial charge in [-0.15, -0.1) is 5.10 Å². The highest BCUT2D eigenvalue weighted by Gasteiger charge is 2.20. The lowest BCUT2D eigenvalue weighted by atomic mass is 10.0. The molecule has 0 unspecified atom stereocenters. The summed E-state index contributed by atoms with van der Waals surface area (Å²) < 4.78 is 1.71. The Balaban J connectivity index is 1.89. The number of hydrogen-bond acceptors (Lipinski definition) is 4. The minimum Gasteiger partial charge on any atom is -0.297 e. The lowest BCUT2D eigenvalue weighted by molar-refractivity contribution is 0.263. The number of nitrogens with zero attached hydrogens (tertiary/aromatic N) is 5. The number of hydrogen-bond donors (Lipinski definition) is 0. The summed E-state index contributed by atoms with van der Waals surface area (Å²) in [5, 5.41) is 11.7. The Morgan fingerprint density at radius 3 is 2.68 bits per heavy atom. The van der Waals surface area contributed by atoms with Gasteiger partial charge in [-0.2, -0.15) is 0 Å². The van der Waals surface area contributed by atoms with Crippen LogP contribution in [0, 0.1) is 0 Å². The Bertz CT molecular complexity index is 556. The summed E-state index contributed by atoms with van der Waals surface area (Å²) in [7, 11) is 1.87. The van der Waals surface area contributed by atoms with Crippen molar-refractivity contribution in [2.45, 2.75) is 25.8 Å². The lowest BCUT2D eigenvalue weighted by Crippen LogP contribution is -2.23. The van der Waals surface area contributed by atoms with Crippen molar-refractivity contribution in [3.05, 3.63) is 29.8 Å². The summed E-state index contributed by atoms with van der Waals surface area (Å²) >= 11 is 0. The van der Waals surface area contributed by atoms with E-state index in [1.165, 1.54) is 31.5 Å². The van der Waals surface area contributed by atoms with Gasteiger partial charge >= 0.3 is 0 Å². The van der Waals surface area contributed by atoms with Crippen LogP contribution in [0.4, 0.5) is 0 Å². The minimum atomic E-state index is 0.462. The molecule has 1 saturated heterocycles. The fourth-order valence-corrected chi connectivity index (χ4v) is 2.75. The van der Waals surface area contributed by atoms with Crippen LogP contribution in [-0.2, 0) is 7.05 Å². The van der Waals surface area contributed by atoms with Gasteiger partial charge in [-0.1, -0.05) is 18.2 Å². The third-order valence-electron chi connectivity index (χ3n) is 3.94. The standard InChI is InChI=1S/C14H19N5/c1-11(19-8-3-4-9-19)12-6-5-7-13(10-12)14-15-16-17-18(14)2/h5-7,10-11H,3-4,8-9H2,1-2H3/t11-/m0/s1. The summed E-state index contributed by atoms with van der Waals surface area (Å²) in [6, 6.07) is 9.01. The largest absolute Gasteiger partial charge is 0.297 e. The van der Waals surface area contributed by atoms with Gasteiger partial charge in [0, 0.05) is 18.7 Å². The van der Waals surface area contributed by atoms with Crippen molar-refractivity contribution in [1.82, 2.24) is 25.1 Å². The normalized spacial score (nSPS) is 17.8. The number of benzene rings is 1. The van der Waals surface area contributed by atoms with E-state index in [1.54, 1.807) is 4.68 Å². The van der Waals surface area contributed by atoms with E-state index in [0.29, 0.717) is 6.04 Å². The topological polar surface area (TPSA) is 46.8 Å². The van der Waals surface area contributed by atoms with Crippen molar-refractivity contribution in [2.24, 2.45) is 7.05 Å². The summed E-state index contributed by atoms with van der Waals surface area (Å²) in [4.78, 5) is 2.54. The zero-order chi connectivity index (χ0) is 13.2. The Morgan fingerprint density at radius 1 is 1.21 bits per heavy atom. The Labute approximate surface area is 113 Å². The predicted molar refractivity (Wildman–Crippen MR) is 73.5 cm³/mol. The lowest BCUT2D eigenvalue weighted by Gasteiger charge is -2.24. The molecule has 1 aromatic carbocycles. The zero-order valence-corrected chi connectivity index (χ0v) is 11.5. The molecule has 0 amide bonds. The number of aromatic nitrogens is 4. The molecule has 1 aliphatic rings. The second-order valence-electron chi connectivity index (χ2n) is 5.17. The molecule has 5 nitrogen and oxygen atoms in total. The number of likely N-dealkylation sites (tertiary alicyclic amines) is 1. The molecule has 3 rings (SSSR count). The summed E-state index contributed by atoms with van der Waals surface area (Å²) in [5.41, 5.74) is 2.42. The highest BCUT2D eigenvalue weighted by atomic mass is 15.5. The fraction of sp³-hybridized carbons (Fsp3) is 0.500. The van der Waals surface area contributed by atoms with Gasteiger partial charge in [-0.05, 0) is 54.9 Å². The molecule has 2 heterocycles. The third-order valence-corrected chi connectivity index (χ3v) is 3.94. The highest BCUT2D eigenvalue weighted by Crippen LogP contribution is 2.27. The molecular formula is C14H19N5. The van der Waals surface area contributed by atoms with Crippen molar-refractivity contribution >= 4 is 0 Å².